The van der Waals surface area contributed by atoms with Gasteiger partial charge in [-0.1, -0.05) is 43.1 Å². The van der Waals surface area contributed by atoms with Crippen LogP contribution in [0.5, 0.6) is 0 Å². The number of rotatable bonds is 4. The van der Waals surface area contributed by atoms with Crippen LogP contribution in [0.4, 0.5) is 5.69 Å². The molecular formula is C24H25Cl2N3O2. The van der Waals surface area contributed by atoms with Gasteiger partial charge in [0.2, 0.25) is 5.91 Å². The van der Waals surface area contributed by atoms with Crippen molar-refractivity contribution in [3.63, 3.8) is 0 Å². The molecule has 0 saturated carbocycles. The fraction of sp³-hybridized carbons (Fsp3) is 0.333. The molecule has 5 nitrogen and oxygen atoms in total. The van der Waals surface area contributed by atoms with E-state index in [-0.39, 0.29) is 11.3 Å². The fourth-order valence-electron chi connectivity index (χ4n) is 4.01. The van der Waals surface area contributed by atoms with Crippen LogP contribution in [0, 0.1) is 12.3 Å². The molecule has 2 heterocycles. The van der Waals surface area contributed by atoms with Crippen LogP contribution in [0.3, 0.4) is 0 Å². The second-order valence-electron chi connectivity index (χ2n) is 8.81. The summed E-state index contributed by atoms with van der Waals surface area (Å²) in [4.78, 5) is 21.3. The molecule has 0 N–H and O–H groups in total. The lowest BCUT2D eigenvalue weighted by molar-refractivity contribution is -0.130. The van der Waals surface area contributed by atoms with Gasteiger partial charge < -0.3 is 14.2 Å². The first kappa shape index (κ1) is 21.7. The topological polar surface area (TPSA) is 49.6 Å². The van der Waals surface area contributed by atoms with E-state index in [0.29, 0.717) is 35.6 Å². The molecule has 1 fully saturated rings. The molecule has 4 rings (SSSR count). The molecule has 1 aliphatic heterocycles. The predicted molar refractivity (Wildman–Crippen MR) is 125 cm³/mol. The first-order valence-electron chi connectivity index (χ1n) is 10.2. The van der Waals surface area contributed by atoms with Crippen LogP contribution in [0.15, 0.2) is 53.1 Å². The summed E-state index contributed by atoms with van der Waals surface area (Å²) in [7, 11) is 0. The maximum absolute atomic E-state index is 13.1. The Labute approximate surface area is 192 Å². The lowest BCUT2D eigenvalue weighted by atomic mass is 9.92. The molecule has 0 bridgehead atoms. The summed E-state index contributed by atoms with van der Waals surface area (Å²) in [6.07, 6.45) is 1.73. The smallest absolute Gasteiger partial charge is 0.242 e. The van der Waals surface area contributed by atoms with Gasteiger partial charge in [-0.05, 0) is 47.4 Å². The maximum Gasteiger partial charge on any atom is 0.242 e. The molecule has 1 saturated heterocycles. The molecular weight excluding hydrogens is 433 g/mol. The van der Waals surface area contributed by atoms with Gasteiger partial charge in [-0.15, -0.1) is 0 Å². The normalized spacial score (nSPS) is 16.5. The average molecular weight is 458 g/mol. The van der Waals surface area contributed by atoms with Crippen molar-refractivity contribution in [3.8, 4) is 11.3 Å². The summed E-state index contributed by atoms with van der Waals surface area (Å²) >= 11 is 12.2. The minimum absolute atomic E-state index is 0.0803. The van der Waals surface area contributed by atoms with Gasteiger partial charge >= 0.3 is 0 Å². The molecule has 1 aromatic heterocycles. The van der Waals surface area contributed by atoms with E-state index in [1.54, 1.807) is 12.3 Å². The van der Waals surface area contributed by atoms with Crippen LogP contribution in [-0.2, 0) is 11.3 Å². The number of aryl methyl sites for hydroxylation is 1. The number of hydrogen-bond acceptors (Lipinski definition) is 4. The number of halogens is 2. The summed E-state index contributed by atoms with van der Waals surface area (Å²) in [5.74, 6) is 1.47. The first-order chi connectivity index (χ1) is 14.7. The van der Waals surface area contributed by atoms with E-state index in [1.807, 2.05) is 48.2 Å². The predicted octanol–water partition coefficient (Wildman–Crippen LogP) is 5.83. The van der Waals surface area contributed by atoms with Crippen molar-refractivity contribution in [1.29, 1.82) is 0 Å². The monoisotopic (exact) mass is 457 g/mol. The molecule has 1 amide bonds. The lowest BCUT2D eigenvalue weighted by Crippen LogP contribution is -2.37. The molecule has 2 aromatic carbocycles. The van der Waals surface area contributed by atoms with E-state index in [9.17, 15) is 4.79 Å². The molecule has 0 spiro atoms. The average Bonchev–Trinajstić information content (AvgIpc) is 3.11. The van der Waals surface area contributed by atoms with Gasteiger partial charge in [0.15, 0.2) is 11.7 Å². The Bertz CT molecular complexity index is 1090. The SMILES string of the molecule is Cc1ncc(-c2ccc(N3CC(=O)N(Cc4ccc(Cl)c(Cl)c4)CC(C)(C)C3)cc2)o1. The molecule has 0 atom stereocenters. The highest BCUT2D eigenvalue weighted by Gasteiger charge is 2.33. The van der Waals surface area contributed by atoms with Crippen molar-refractivity contribution in [1.82, 2.24) is 9.88 Å². The van der Waals surface area contributed by atoms with Crippen LogP contribution in [0.1, 0.15) is 25.3 Å². The van der Waals surface area contributed by atoms with Crippen LogP contribution in [-0.4, -0.2) is 35.4 Å². The number of oxazole rings is 1. The summed E-state index contributed by atoms with van der Waals surface area (Å²) in [5.41, 5.74) is 2.87. The Morgan fingerprint density at radius 1 is 1.06 bits per heavy atom. The zero-order chi connectivity index (χ0) is 22.2. The number of carbonyl (C=O) groups excluding carboxylic acids is 1. The number of benzene rings is 2. The van der Waals surface area contributed by atoms with Crippen molar-refractivity contribution >= 4 is 34.8 Å². The summed E-state index contributed by atoms with van der Waals surface area (Å²) in [5, 5.41) is 1.02. The van der Waals surface area contributed by atoms with Gasteiger partial charge in [-0.3, -0.25) is 4.79 Å². The Morgan fingerprint density at radius 3 is 2.45 bits per heavy atom. The summed E-state index contributed by atoms with van der Waals surface area (Å²) in [6, 6.07) is 13.6. The molecule has 31 heavy (non-hydrogen) atoms. The first-order valence-corrected chi connectivity index (χ1v) is 11.0. The Kier molecular flexibility index (Phi) is 6.00. The number of nitrogens with zero attached hydrogens (tertiary/aromatic N) is 3. The number of carbonyl (C=O) groups is 1. The Balaban J connectivity index is 1.53. The molecule has 1 aliphatic rings. The van der Waals surface area contributed by atoms with E-state index in [0.717, 1.165) is 29.1 Å². The van der Waals surface area contributed by atoms with Crippen LogP contribution in [0.2, 0.25) is 10.0 Å². The van der Waals surface area contributed by atoms with Crippen molar-refractivity contribution < 1.29 is 9.21 Å². The van der Waals surface area contributed by atoms with Gasteiger partial charge in [0.05, 0.1) is 22.8 Å². The van der Waals surface area contributed by atoms with E-state index in [1.165, 1.54) is 0 Å². The quantitative estimate of drug-likeness (QED) is 0.494. The van der Waals surface area contributed by atoms with Gasteiger partial charge in [0, 0.05) is 37.8 Å². The number of aromatic nitrogens is 1. The van der Waals surface area contributed by atoms with Crippen molar-refractivity contribution in [3.05, 3.63) is 70.2 Å². The van der Waals surface area contributed by atoms with E-state index in [4.69, 9.17) is 27.6 Å². The molecule has 3 aromatic rings. The molecule has 0 radical (unpaired) electrons. The van der Waals surface area contributed by atoms with Crippen LogP contribution in [0.25, 0.3) is 11.3 Å². The van der Waals surface area contributed by atoms with E-state index < -0.39 is 0 Å². The largest absolute Gasteiger partial charge is 0.441 e. The third kappa shape index (κ3) is 5.05. The second kappa shape index (κ2) is 8.56. The minimum Gasteiger partial charge on any atom is -0.441 e. The fourth-order valence-corrected chi connectivity index (χ4v) is 4.33. The lowest BCUT2D eigenvalue weighted by Gasteiger charge is -2.31. The van der Waals surface area contributed by atoms with Gasteiger partial charge in [0.1, 0.15) is 0 Å². The maximum atomic E-state index is 13.1. The Hall–Kier alpha value is -2.50. The van der Waals surface area contributed by atoms with Gasteiger partial charge in [0.25, 0.3) is 0 Å². The minimum atomic E-state index is -0.0803. The molecule has 7 heteroatoms. The van der Waals surface area contributed by atoms with Gasteiger partial charge in [-0.25, -0.2) is 4.98 Å². The van der Waals surface area contributed by atoms with Crippen LogP contribution >= 0.6 is 23.2 Å². The zero-order valence-electron chi connectivity index (χ0n) is 17.9. The molecule has 0 unspecified atom stereocenters. The van der Waals surface area contributed by atoms with Crippen molar-refractivity contribution in [2.24, 2.45) is 5.41 Å². The summed E-state index contributed by atoms with van der Waals surface area (Å²) < 4.78 is 5.61. The van der Waals surface area contributed by atoms with Crippen LogP contribution < -0.4 is 4.90 Å². The Morgan fingerprint density at radius 2 is 1.81 bits per heavy atom. The standard InChI is InChI=1S/C24H25Cl2N3O2/c1-16-27-11-22(31-16)18-5-7-19(8-6-18)28-13-23(30)29(15-24(2,3)14-28)12-17-4-9-20(25)21(26)10-17/h4-11H,12-15H2,1-3H3. The van der Waals surface area contributed by atoms with E-state index >= 15 is 0 Å². The highest BCUT2D eigenvalue weighted by atomic mass is 35.5. The second-order valence-corrected chi connectivity index (χ2v) is 9.62. The third-order valence-corrected chi connectivity index (χ3v) is 6.15. The van der Waals surface area contributed by atoms with Crippen molar-refractivity contribution in [2.45, 2.75) is 27.3 Å². The summed E-state index contributed by atoms with van der Waals surface area (Å²) in [6.45, 7) is 8.47. The van der Waals surface area contributed by atoms with Crippen molar-refractivity contribution in [2.75, 3.05) is 24.5 Å². The highest BCUT2D eigenvalue weighted by Crippen LogP contribution is 2.30. The number of amides is 1. The third-order valence-electron chi connectivity index (χ3n) is 5.41. The van der Waals surface area contributed by atoms with Gasteiger partial charge in [-0.2, -0.15) is 0 Å². The molecule has 0 aliphatic carbocycles. The highest BCUT2D eigenvalue weighted by molar-refractivity contribution is 6.42. The van der Waals surface area contributed by atoms with E-state index in [2.05, 4.69) is 23.7 Å². The number of hydrogen-bond donors (Lipinski definition) is 0. The zero-order valence-corrected chi connectivity index (χ0v) is 19.4. The number of anilines is 1. The molecule has 162 valence electrons.